The molecule has 0 spiro atoms. The first-order valence-electron chi connectivity index (χ1n) is 12.7. The molecule has 0 bridgehead atoms. The van der Waals surface area contributed by atoms with Crippen LogP contribution in [-0.4, -0.2) is 6.71 Å². The summed E-state index contributed by atoms with van der Waals surface area (Å²) in [5.41, 5.74) is -6.54. The van der Waals surface area contributed by atoms with E-state index < -0.39 is 178 Å². The summed E-state index contributed by atoms with van der Waals surface area (Å²) >= 11 is 0. The Labute approximate surface area is 257 Å². The Balaban J connectivity index is 2.03. The van der Waals surface area contributed by atoms with Gasteiger partial charge in [-0.15, -0.1) is 0 Å². The van der Waals surface area contributed by atoms with E-state index in [4.69, 9.17) is 0 Å². The third-order valence-corrected chi connectivity index (χ3v) is 7.72. The monoisotopic (exact) mass is 716 g/mol. The van der Waals surface area contributed by atoms with Crippen molar-refractivity contribution in [2.24, 2.45) is 0 Å². The van der Waals surface area contributed by atoms with Crippen LogP contribution in [0.1, 0.15) is 0 Å². The van der Waals surface area contributed by atoms with E-state index in [2.05, 4.69) is 0 Å². The van der Waals surface area contributed by atoms with E-state index in [0.717, 1.165) is 0 Å². The summed E-state index contributed by atoms with van der Waals surface area (Å²) < 4.78 is 269. The largest absolute Gasteiger partial charge is 0.255 e. The molecule has 0 nitrogen and oxygen atoms in total. The molecule has 19 heteroatoms. The molecule has 0 fully saturated rings. The average molecular weight is 716 g/mol. The molecule has 252 valence electrons. The molecule has 0 aliphatic carbocycles. The van der Waals surface area contributed by atoms with Crippen molar-refractivity contribution in [3.8, 4) is 0 Å². The van der Waals surface area contributed by atoms with E-state index in [1.807, 2.05) is 0 Å². The van der Waals surface area contributed by atoms with E-state index in [-0.39, 0.29) is 0 Å². The van der Waals surface area contributed by atoms with Crippen molar-refractivity contribution < 1.29 is 79.0 Å². The lowest BCUT2D eigenvalue weighted by Gasteiger charge is -2.24. The van der Waals surface area contributed by atoms with Gasteiger partial charge in [0.05, 0.1) is 16.2 Å². The summed E-state index contributed by atoms with van der Waals surface area (Å²) in [5.74, 6) is -48.1. The van der Waals surface area contributed by atoms with Crippen LogP contribution >= 0.6 is 0 Å². The van der Waals surface area contributed by atoms with Crippen molar-refractivity contribution in [1.29, 1.82) is 0 Å². The zero-order valence-corrected chi connectivity index (χ0v) is 22.6. The lowest BCUT2D eigenvalue weighted by Crippen LogP contribution is -2.57. The highest BCUT2D eigenvalue weighted by Gasteiger charge is 2.42. The molecule has 0 unspecified atom stereocenters. The molecule has 0 saturated carbocycles. The van der Waals surface area contributed by atoms with Crippen molar-refractivity contribution in [2.75, 3.05) is 0 Å². The number of halogens is 18. The molecule has 0 atom stereocenters. The fourth-order valence-corrected chi connectivity index (χ4v) is 5.75. The second kappa shape index (κ2) is 11.2. The van der Waals surface area contributed by atoms with Gasteiger partial charge in [-0.2, -0.15) is 0 Å². The minimum atomic E-state index is -3.66. The van der Waals surface area contributed by atoms with Gasteiger partial charge in [0, 0.05) is 34.4 Å². The van der Waals surface area contributed by atoms with Crippen LogP contribution in [0.5, 0.6) is 0 Å². The molecule has 0 amide bonds. The molecule has 0 N–H and O–H groups in total. The lowest BCUT2D eigenvalue weighted by molar-refractivity contribution is 0.416. The Morgan fingerprint density at radius 1 is 0.224 bits per heavy atom. The first-order chi connectivity index (χ1) is 22.8. The molecule has 0 aliphatic rings. The van der Waals surface area contributed by atoms with Gasteiger partial charge in [-0.1, -0.05) is 0 Å². The first-order valence-corrected chi connectivity index (χ1v) is 12.7. The SMILES string of the molecule is Fc1cc(F)c2c(F)c(F)c(F)c(F)c2c1B(c1c(F)cc(F)c2c(F)c(F)c(F)c(F)c12)c1c(F)cc(F)c2c(F)c(F)c(F)c(F)c12. The van der Waals surface area contributed by atoms with Gasteiger partial charge in [-0.05, 0) is 16.4 Å². The van der Waals surface area contributed by atoms with Crippen molar-refractivity contribution in [2.45, 2.75) is 0 Å². The zero-order chi connectivity index (χ0) is 36.3. The Morgan fingerprint density at radius 3 is 0.612 bits per heavy atom. The second-order valence-corrected chi connectivity index (χ2v) is 10.2. The van der Waals surface area contributed by atoms with Crippen LogP contribution in [0.3, 0.4) is 0 Å². The Kier molecular flexibility index (Phi) is 7.75. The molecular weight excluding hydrogens is 713 g/mol. The lowest BCUT2D eigenvalue weighted by atomic mass is 9.34. The van der Waals surface area contributed by atoms with Crippen LogP contribution < -0.4 is 16.4 Å². The third-order valence-electron chi connectivity index (χ3n) is 7.72. The van der Waals surface area contributed by atoms with Crippen LogP contribution in [0, 0.1) is 105 Å². The van der Waals surface area contributed by atoms with Crippen molar-refractivity contribution in [1.82, 2.24) is 0 Å². The number of benzene rings is 6. The van der Waals surface area contributed by atoms with E-state index in [1.54, 1.807) is 0 Å². The highest BCUT2D eigenvalue weighted by atomic mass is 19.2. The molecule has 6 aromatic rings. The smallest absolute Gasteiger partial charge is 0.207 e. The fraction of sp³-hybridized carbons (Fsp3) is 0. The van der Waals surface area contributed by atoms with Gasteiger partial charge in [-0.25, -0.2) is 79.0 Å². The molecule has 0 radical (unpaired) electrons. The summed E-state index contributed by atoms with van der Waals surface area (Å²) in [4.78, 5) is 0. The average Bonchev–Trinajstić information content (AvgIpc) is 3.03. The van der Waals surface area contributed by atoms with Crippen LogP contribution in [0.15, 0.2) is 18.2 Å². The van der Waals surface area contributed by atoms with E-state index in [9.17, 15) is 52.7 Å². The van der Waals surface area contributed by atoms with E-state index in [0.29, 0.717) is 0 Å². The van der Waals surface area contributed by atoms with Gasteiger partial charge in [0.15, 0.2) is 69.8 Å². The van der Waals surface area contributed by atoms with Crippen LogP contribution in [0.2, 0.25) is 0 Å². The van der Waals surface area contributed by atoms with E-state index >= 15 is 26.3 Å². The predicted octanol–water partition coefficient (Wildman–Crippen LogP) is 8.17. The maximum Gasteiger partial charge on any atom is 0.255 e. The van der Waals surface area contributed by atoms with Gasteiger partial charge in [0.2, 0.25) is 0 Å². The molecular formula is C30H3BF18. The van der Waals surface area contributed by atoms with Crippen LogP contribution in [-0.2, 0) is 0 Å². The standard InChI is InChI=1S/C30H3BF18/c32-4-1-7(35)16(13-10(4)19(38)25(44)28(47)22(13)41)31(17-8(36)2-5(33)11-14(17)23(42)29(48)26(45)20(11)39)18-9(37)3-6(34)12-15(18)24(43)30(49)27(46)21(12)40/h1-3H. The Hall–Kier alpha value is -5.10. The minimum absolute atomic E-state index is 0.536. The van der Waals surface area contributed by atoms with Crippen LogP contribution in [0.4, 0.5) is 79.0 Å². The summed E-state index contributed by atoms with van der Waals surface area (Å²) in [7, 11) is 0. The minimum Gasteiger partial charge on any atom is -0.207 e. The Bertz CT molecular complexity index is 2220. The first kappa shape index (κ1) is 33.8. The predicted molar refractivity (Wildman–Crippen MR) is 136 cm³/mol. The molecule has 0 saturated heterocycles. The molecule has 0 heterocycles. The molecule has 49 heavy (non-hydrogen) atoms. The molecule has 6 rings (SSSR count). The number of hydrogen-bond donors (Lipinski definition) is 0. The topological polar surface area (TPSA) is 0 Å². The van der Waals surface area contributed by atoms with Gasteiger partial charge in [0.1, 0.15) is 34.9 Å². The molecule has 0 aliphatic heterocycles. The number of fused-ring (bicyclic) bond motifs is 3. The summed E-state index contributed by atoms with van der Waals surface area (Å²) in [6, 6.07) is -1.61. The molecule has 0 aromatic heterocycles. The maximum atomic E-state index is 15.9. The Morgan fingerprint density at radius 2 is 0.408 bits per heavy atom. The van der Waals surface area contributed by atoms with Gasteiger partial charge in [0.25, 0.3) is 6.71 Å². The summed E-state index contributed by atoms with van der Waals surface area (Å²) in [6.45, 7) is -3.66. The van der Waals surface area contributed by atoms with Crippen molar-refractivity contribution >= 4 is 55.4 Å². The summed E-state index contributed by atoms with van der Waals surface area (Å²) in [5, 5.41) is -13.1. The highest BCUT2D eigenvalue weighted by molar-refractivity contribution is 6.99. The van der Waals surface area contributed by atoms with E-state index in [1.165, 1.54) is 0 Å². The van der Waals surface area contributed by atoms with Crippen LogP contribution in [0.25, 0.3) is 32.3 Å². The normalized spacial score (nSPS) is 11.9. The van der Waals surface area contributed by atoms with Gasteiger partial charge < -0.3 is 0 Å². The molecule has 6 aromatic carbocycles. The maximum absolute atomic E-state index is 15.9. The third kappa shape index (κ3) is 4.46. The fourth-order valence-electron chi connectivity index (χ4n) is 5.75. The number of rotatable bonds is 3. The number of hydrogen-bond acceptors (Lipinski definition) is 0. The van der Waals surface area contributed by atoms with Crippen molar-refractivity contribution in [3.05, 3.63) is 123 Å². The van der Waals surface area contributed by atoms with Crippen molar-refractivity contribution in [3.63, 3.8) is 0 Å². The van der Waals surface area contributed by atoms with Gasteiger partial charge >= 0.3 is 0 Å². The quantitative estimate of drug-likeness (QED) is 0.0751. The zero-order valence-electron chi connectivity index (χ0n) is 22.6. The van der Waals surface area contributed by atoms with Gasteiger partial charge in [-0.3, -0.25) is 0 Å². The summed E-state index contributed by atoms with van der Waals surface area (Å²) in [6.07, 6.45) is 0. The second-order valence-electron chi connectivity index (χ2n) is 10.2. The highest BCUT2D eigenvalue weighted by Crippen LogP contribution is 2.34.